The number of anilines is 2. The summed E-state index contributed by atoms with van der Waals surface area (Å²) in [4.78, 5) is 41.2. The molecule has 218 valence electrons. The largest absolute Gasteiger partial charge is 0.496 e. The Morgan fingerprint density at radius 3 is 2.58 bits per heavy atom. The molecule has 2 aliphatic heterocycles. The summed E-state index contributed by atoms with van der Waals surface area (Å²) in [5.74, 6) is 0.668. The first-order chi connectivity index (χ1) is 21.0. The quantitative estimate of drug-likeness (QED) is 0.287. The standard InChI is InChI=1S/C35H34N4O4/c1-43-32-12-6-5-10-27(32)20-36-35(42)26-15-16-31(29(19-26)37-33(40)17-14-24-8-3-2-4-9-24)38-21-25-18-28(23-38)30-11-7-13-34(41)39(30)22-25/h2-17,19,25,28H,18,20-23H2,1H3,(H,36,42)(H,37,40)/b17-14+. The van der Waals surface area contributed by atoms with E-state index in [0.29, 0.717) is 42.6 Å². The first kappa shape index (κ1) is 28.0. The van der Waals surface area contributed by atoms with E-state index < -0.39 is 0 Å². The Hall–Kier alpha value is -5.11. The Kier molecular flexibility index (Phi) is 8.09. The minimum absolute atomic E-state index is 0.0438. The van der Waals surface area contributed by atoms with Crippen molar-refractivity contribution in [3.05, 3.63) is 130 Å². The number of piperidine rings is 1. The minimum atomic E-state index is -0.286. The third-order valence-electron chi connectivity index (χ3n) is 8.20. The second-order valence-corrected chi connectivity index (χ2v) is 11.1. The molecule has 2 unspecified atom stereocenters. The number of fused-ring (bicyclic) bond motifs is 4. The lowest BCUT2D eigenvalue weighted by Crippen LogP contribution is -2.47. The van der Waals surface area contributed by atoms with Crippen LogP contribution in [0.4, 0.5) is 11.4 Å². The zero-order valence-electron chi connectivity index (χ0n) is 24.0. The molecule has 2 bridgehead atoms. The summed E-state index contributed by atoms with van der Waals surface area (Å²) in [7, 11) is 1.60. The normalized spacial score (nSPS) is 17.3. The molecule has 4 aromatic rings. The van der Waals surface area contributed by atoms with Gasteiger partial charge in [-0.25, -0.2) is 0 Å². The number of carbonyl (C=O) groups excluding carboxylic acids is 2. The lowest BCUT2D eigenvalue weighted by Gasteiger charge is -2.44. The third kappa shape index (κ3) is 6.23. The maximum Gasteiger partial charge on any atom is 0.251 e. The van der Waals surface area contributed by atoms with Crippen LogP contribution >= 0.6 is 0 Å². The van der Waals surface area contributed by atoms with E-state index in [2.05, 4.69) is 15.5 Å². The fraction of sp³-hybridized carbons (Fsp3) is 0.229. The van der Waals surface area contributed by atoms with Gasteiger partial charge in [-0.2, -0.15) is 0 Å². The zero-order valence-corrected chi connectivity index (χ0v) is 24.0. The number of aromatic nitrogens is 1. The number of amides is 2. The summed E-state index contributed by atoms with van der Waals surface area (Å²) in [6.45, 7) is 2.44. The SMILES string of the molecule is COc1ccccc1CNC(=O)c1ccc(N2CC3CC(C2)c2cccc(=O)n2C3)c(NC(=O)/C=C/c2ccccc2)c1. The number of pyridine rings is 1. The van der Waals surface area contributed by atoms with Gasteiger partial charge >= 0.3 is 0 Å². The van der Waals surface area contributed by atoms with Crippen molar-refractivity contribution in [3.8, 4) is 5.75 Å². The van der Waals surface area contributed by atoms with Crippen LogP contribution in [0.15, 0.2) is 102 Å². The smallest absolute Gasteiger partial charge is 0.251 e. The van der Waals surface area contributed by atoms with Crippen molar-refractivity contribution in [2.75, 3.05) is 30.4 Å². The molecule has 3 aromatic carbocycles. The zero-order chi connectivity index (χ0) is 29.8. The third-order valence-corrected chi connectivity index (χ3v) is 8.20. The molecule has 1 aromatic heterocycles. The second kappa shape index (κ2) is 12.4. The van der Waals surface area contributed by atoms with Crippen molar-refractivity contribution in [2.24, 2.45) is 5.92 Å². The molecule has 6 rings (SSSR count). The number of hydrogen-bond acceptors (Lipinski definition) is 5. The highest BCUT2D eigenvalue weighted by Gasteiger charge is 2.35. The van der Waals surface area contributed by atoms with Gasteiger partial charge in [0.2, 0.25) is 5.91 Å². The molecule has 2 atom stereocenters. The summed E-state index contributed by atoms with van der Waals surface area (Å²) in [5.41, 5.74) is 4.74. The van der Waals surface area contributed by atoms with Crippen LogP contribution in [0.3, 0.4) is 0 Å². The van der Waals surface area contributed by atoms with E-state index in [0.717, 1.165) is 35.5 Å². The number of carbonyl (C=O) groups is 2. The Balaban J connectivity index is 1.27. The van der Waals surface area contributed by atoms with Crippen molar-refractivity contribution in [1.82, 2.24) is 9.88 Å². The van der Waals surface area contributed by atoms with Crippen LogP contribution in [0.25, 0.3) is 6.08 Å². The van der Waals surface area contributed by atoms with Crippen LogP contribution < -0.4 is 25.8 Å². The Morgan fingerprint density at radius 1 is 0.930 bits per heavy atom. The van der Waals surface area contributed by atoms with Crippen molar-refractivity contribution < 1.29 is 14.3 Å². The second-order valence-electron chi connectivity index (χ2n) is 11.1. The number of hydrogen-bond donors (Lipinski definition) is 2. The fourth-order valence-corrected chi connectivity index (χ4v) is 6.18. The first-order valence-electron chi connectivity index (χ1n) is 14.5. The molecule has 0 radical (unpaired) electrons. The average Bonchev–Trinajstić information content (AvgIpc) is 3.03. The van der Waals surface area contributed by atoms with E-state index in [1.54, 1.807) is 31.4 Å². The maximum absolute atomic E-state index is 13.3. The molecule has 0 aliphatic carbocycles. The highest BCUT2D eigenvalue weighted by atomic mass is 16.5. The van der Waals surface area contributed by atoms with Gasteiger partial charge in [0.1, 0.15) is 5.75 Å². The van der Waals surface area contributed by atoms with Gasteiger partial charge in [0.05, 0.1) is 18.5 Å². The number of nitrogens with one attached hydrogen (secondary N) is 2. The Labute approximate surface area is 250 Å². The van der Waals surface area contributed by atoms with E-state index in [1.807, 2.05) is 77.4 Å². The van der Waals surface area contributed by atoms with E-state index in [-0.39, 0.29) is 23.3 Å². The molecule has 0 saturated carbocycles. The summed E-state index contributed by atoms with van der Waals surface area (Å²) < 4.78 is 7.32. The van der Waals surface area contributed by atoms with Gasteiger partial charge in [0.25, 0.3) is 11.5 Å². The molecular formula is C35H34N4O4. The molecule has 2 amide bonds. The number of benzene rings is 3. The Morgan fingerprint density at radius 2 is 1.74 bits per heavy atom. The molecule has 3 heterocycles. The summed E-state index contributed by atoms with van der Waals surface area (Å²) in [6.07, 6.45) is 4.28. The number of methoxy groups -OCH3 is 1. The van der Waals surface area contributed by atoms with E-state index in [1.165, 1.54) is 6.08 Å². The predicted octanol–water partition coefficient (Wildman–Crippen LogP) is 5.06. The van der Waals surface area contributed by atoms with Gasteiger partial charge < -0.3 is 24.8 Å². The highest BCUT2D eigenvalue weighted by Crippen LogP contribution is 2.39. The van der Waals surface area contributed by atoms with E-state index >= 15 is 0 Å². The summed E-state index contributed by atoms with van der Waals surface area (Å²) in [6, 6.07) is 28.1. The summed E-state index contributed by atoms with van der Waals surface area (Å²) in [5, 5.41) is 6.01. The molecule has 43 heavy (non-hydrogen) atoms. The van der Waals surface area contributed by atoms with Gasteiger partial charge in [-0.1, -0.05) is 54.6 Å². The van der Waals surface area contributed by atoms with Crippen molar-refractivity contribution >= 4 is 29.3 Å². The molecule has 8 nitrogen and oxygen atoms in total. The number of nitrogens with zero attached hydrogens (tertiary/aromatic N) is 2. The molecule has 0 spiro atoms. The number of ether oxygens (including phenoxy) is 1. The van der Waals surface area contributed by atoms with Gasteiger partial charge in [0.15, 0.2) is 0 Å². The van der Waals surface area contributed by atoms with Crippen molar-refractivity contribution in [2.45, 2.75) is 25.4 Å². The Bertz CT molecular complexity index is 1730. The minimum Gasteiger partial charge on any atom is -0.496 e. The number of para-hydroxylation sites is 1. The van der Waals surface area contributed by atoms with Crippen molar-refractivity contribution in [1.29, 1.82) is 0 Å². The fourth-order valence-electron chi connectivity index (χ4n) is 6.18. The summed E-state index contributed by atoms with van der Waals surface area (Å²) >= 11 is 0. The van der Waals surface area contributed by atoms with E-state index in [4.69, 9.17) is 4.74 Å². The topological polar surface area (TPSA) is 92.7 Å². The lowest BCUT2D eigenvalue weighted by molar-refractivity contribution is -0.111. The van der Waals surface area contributed by atoms with Gasteiger partial charge in [-0.05, 0) is 54.3 Å². The van der Waals surface area contributed by atoms with Crippen LogP contribution in [-0.2, 0) is 17.9 Å². The monoisotopic (exact) mass is 574 g/mol. The molecule has 2 N–H and O–H groups in total. The lowest BCUT2D eigenvalue weighted by atomic mass is 9.83. The van der Waals surface area contributed by atoms with Gasteiger partial charge in [-0.15, -0.1) is 0 Å². The van der Waals surface area contributed by atoms with Crippen LogP contribution in [-0.4, -0.2) is 36.6 Å². The van der Waals surface area contributed by atoms with Crippen molar-refractivity contribution in [3.63, 3.8) is 0 Å². The van der Waals surface area contributed by atoms with E-state index in [9.17, 15) is 14.4 Å². The molecule has 1 fully saturated rings. The molecular weight excluding hydrogens is 540 g/mol. The maximum atomic E-state index is 13.3. The van der Waals surface area contributed by atoms with Crippen LogP contribution in [0, 0.1) is 5.92 Å². The molecule has 1 saturated heterocycles. The molecule has 8 heteroatoms. The highest BCUT2D eigenvalue weighted by molar-refractivity contribution is 6.05. The van der Waals surface area contributed by atoms with Crippen LogP contribution in [0.1, 0.15) is 39.5 Å². The molecule has 2 aliphatic rings. The van der Waals surface area contributed by atoms with Gasteiger partial charge in [-0.3, -0.25) is 14.4 Å². The first-order valence-corrected chi connectivity index (χ1v) is 14.5. The van der Waals surface area contributed by atoms with Gasteiger partial charge in [0, 0.05) is 61.1 Å². The average molecular weight is 575 g/mol. The predicted molar refractivity (Wildman–Crippen MR) is 168 cm³/mol. The number of rotatable bonds is 8. The van der Waals surface area contributed by atoms with Crippen LogP contribution in [0.5, 0.6) is 5.75 Å². The van der Waals surface area contributed by atoms with Crippen LogP contribution in [0.2, 0.25) is 0 Å².